The summed E-state index contributed by atoms with van der Waals surface area (Å²) >= 11 is 0. The predicted molar refractivity (Wildman–Crippen MR) is 137 cm³/mol. The number of ether oxygens (including phenoxy) is 1. The third kappa shape index (κ3) is 8.25. The summed E-state index contributed by atoms with van der Waals surface area (Å²) in [7, 11) is -1.78. The van der Waals surface area contributed by atoms with Crippen molar-refractivity contribution >= 4 is 19.1 Å². The van der Waals surface area contributed by atoms with Crippen molar-refractivity contribution in [3.05, 3.63) is 47.5 Å². The molecule has 2 saturated heterocycles. The minimum atomic E-state index is -2.79. The normalized spacial score (nSPS) is 20.9. The third-order valence-electron chi connectivity index (χ3n) is 7.05. The van der Waals surface area contributed by atoms with Crippen LogP contribution in [0.15, 0.2) is 42.0 Å². The number of hydrogen-bond acceptors (Lipinski definition) is 7. The lowest BCUT2D eigenvalue weighted by Crippen LogP contribution is -2.48. The Morgan fingerprint density at radius 3 is 2.63 bits per heavy atom. The second-order valence-electron chi connectivity index (χ2n) is 10.6. The van der Waals surface area contributed by atoms with Crippen LogP contribution in [0, 0.1) is 17.2 Å². The van der Waals surface area contributed by atoms with Crippen LogP contribution in [-0.4, -0.2) is 89.2 Å². The Morgan fingerprint density at radius 1 is 1.32 bits per heavy atom. The van der Waals surface area contributed by atoms with Crippen LogP contribution in [0.5, 0.6) is 0 Å². The van der Waals surface area contributed by atoms with Gasteiger partial charge in [0.15, 0.2) is 0 Å². The van der Waals surface area contributed by atoms with E-state index in [2.05, 4.69) is 5.32 Å². The molecular weight excluding hydrogens is 497 g/mol. The van der Waals surface area contributed by atoms with Gasteiger partial charge in [-0.3, -0.25) is 9.69 Å². The molecular formula is C26H35BF2N4O5. The maximum atomic E-state index is 13.7. The van der Waals surface area contributed by atoms with Gasteiger partial charge in [0.25, 0.3) is 11.8 Å². The number of carbonyl (C=O) groups excluding carboxylic acids is 2. The summed E-state index contributed by atoms with van der Waals surface area (Å²) in [6.45, 7) is 3.87. The average Bonchev–Trinajstić information content (AvgIpc) is 3.26. The minimum absolute atomic E-state index is 0.00908. The molecule has 0 aliphatic carbocycles. The largest absolute Gasteiger partial charge is 0.475 e. The van der Waals surface area contributed by atoms with Crippen molar-refractivity contribution in [1.29, 1.82) is 5.26 Å². The molecule has 0 bridgehead atoms. The number of halogens is 2. The number of likely N-dealkylation sites (tertiary alicyclic amines) is 2. The number of carbonyl (C=O) groups is 2. The van der Waals surface area contributed by atoms with Gasteiger partial charge in [-0.1, -0.05) is 30.3 Å². The molecule has 2 heterocycles. The molecule has 3 N–H and O–H groups in total. The first-order chi connectivity index (χ1) is 17.9. The van der Waals surface area contributed by atoms with E-state index < -0.39 is 43.1 Å². The van der Waals surface area contributed by atoms with E-state index >= 15 is 0 Å². The number of benzene rings is 1. The highest BCUT2D eigenvalue weighted by Crippen LogP contribution is 2.33. The predicted octanol–water partition coefficient (Wildman–Crippen LogP) is 2.14. The molecule has 2 atom stereocenters. The van der Waals surface area contributed by atoms with Crippen LogP contribution in [-0.2, 0) is 16.0 Å². The van der Waals surface area contributed by atoms with Crippen LogP contribution in [0.4, 0.5) is 13.6 Å². The van der Waals surface area contributed by atoms with Crippen molar-refractivity contribution in [2.45, 2.75) is 56.9 Å². The Labute approximate surface area is 222 Å². The zero-order valence-electron chi connectivity index (χ0n) is 21.8. The maximum absolute atomic E-state index is 13.7. The van der Waals surface area contributed by atoms with Crippen LogP contribution in [0.3, 0.4) is 0 Å². The smallest absolute Gasteiger partial charge is 0.449 e. The van der Waals surface area contributed by atoms with Crippen molar-refractivity contribution in [2.75, 3.05) is 32.8 Å². The van der Waals surface area contributed by atoms with E-state index in [1.165, 1.54) is 11.0 Å². The second-order valence-corrected chi connectivity index (χ2v) is 10.6. The quantitative estimate of drug-likeness (QED) is 0.253. The maximum Gasteiger partial charge on any atom is 0.475 e. The third-order valence-corrected chi connectivity index (χ3v) is 7.05. The Bertz CT molecular complexity index is 1050. The summed E-state index contributed by atoms with van der Waals surface area (Å²) in [4.78, 5) is 28.6. The molecule has 1 aromatic carbocycles. The lowest BCUT2D eigenvalue weighted by molar-refractivity contribution is -0.128. The molecule has 1 unspecified atom stereocenters. The molecule has 38 heavy (non-hydrogen) atoms. The molecule has 2 aliphatic rings. The average molecular weight is 532 g/mol. The Kier molecular flexibility index (Phi) is 9.87. The topological polar surface area (TPSA) is 126 Å². The second kappa shape index (κ2) is 12.7. The zero-order chi connectivity index (χ0) is 27.9. The van der Waals surface area contributed by atoms with E-state index in [0.29, 0.717) is 19.4 Å². The standard InChI is InChI=1S/C26H35BF2N4O5/c1-25(2,33-12-10-26(28,29)18-33)14-21(15-30)23(34)32-11-6-9-20(16-32)17-38-24(35)31-22(27(36)37)13-19-7-4-3-5-8-19/h3-5,7-8,14,20,22,36-37H,6,9-13,16-18H2,1-2H3,(H,31,35)/t20?,22-/m0/s1. The minimum Gasteiger partial charge on any atom is -0.449 e. The molecule has 2 amide bonds. The van der Waals surface area contributed by atoms with Crippen LogP contribution < -0.4 is 5.32 Å². The van der Waals surface area contributed by atoms with Gasteiger partial charge in [-0.25, -0.2) is 13.6 Å². The zero-order valence-corrected chi connectivity index (χ0v) is 21.8. The van der Waals surface area contributed by atoms with Crippen molar-refractivity contribution in [2.24, 2.45) is 5.92 Å². The highest BCUT2D eigenvalue weighted by molar-refractivity contribution is 6.43. The van der Waals surface area contributed by atoms with E-state index in [0.717, 1.165) is 5.56 Å². The molecule has 1 aromatic rings. The van der Waals surface area contributed by atoms with Crippen molar-refractivity contribution in [3.8, 4) is 6.07 Å². The Hall–Kier alpha value is -3.01. The fourth-order valence-electron chi connectivity index (χ4n) is 4.86. The number of alkyl carbamates (subject to hydrolysis) is 1. The SMILES string of the molecule is CC(C)(C=C(C#N)C(=O)N1CCCC(COC(=O)N[C@@H](Cc2ccccc2)B(O)O)C1)N1CCC(F)(F)C1. The van der Waals surface area contributed by atoms with E-state index in [1.807, 2.05) is 36.4 Å². The summed E-state index contributed by atoms with van der Waals surface area (Å²) in [5.74, 6) is -4.40. The summed E-state index contributed by atoms with van der Waals surface area (Å²) in [5.41, 5.74) is -0.189. The summed E-state index contributed by atoms with van der Waals surface area (Å²) in [6.07, 6.45) is 1.95. The Balaban J connectivity index is 1.54. The van der Waals surface area contributed by atoms with E-state index in [-0.39, 0.29) is 44.0 Å². The fraction of sp³-hybridized carbons (Fsp3) is 0.577. The first-order valence-corrected chi connectivity index (χ1v) is 12.8. The number of amides is 2. The van der Waals surface area contributed by atoms with Crippen molar-refractivity contribution in [3.63, 3.8) is 0 Å². The van der Waals surface area contributed by atoms with Gasteiger partial charge in [-0.2, -0.15) is 5.26 Å². The molecule has 12 heteroatoms. The number of piperidine rings is 1. The first kappa shape index (κ1) is 29.5. The van der Waals surface area contributed by atoms with Gasteiger partial charge in [0.1, 0.15) is 11.6 Å². The number of nitriles is 1. The number of rotatable bonds is 9. The van der Waals surface area contributed by atoms with Gasteiger partial charge < -0.3 is 25.0 Å². The number of alkyl halides is 2. The molecule has 0 saturated carbocycles. The first-order valence-electron chi connectivity index (χ1n) is 12.8. The molecule has 9 nitrogen and oxygen atoms in total. The number of nitrogens with zero attached hydrogens (tertiary/aromatic N) is 3. The van der Waals surface area contributed by atoms with Crippen LogP contribution in [0.2, 0.25) is 0 Å². The van der Waals surface area contributed by atoms with Crippen LogP contribution >= 0.6 is 0 Å². The summed E-state index contributed by atoms with van der Waals surface area (Å²) in [6, 6.07) is 11.0. The highest BCUT2D eigenvalue weighted by Gasteiger charge is 2.43. The van der Waals surface area contributed by atoms with Crippen molar-refractivity contribution < 1.29 is 33.2 Å². The van der Waals surface area contributed by atoms with E-state index in [9.17, 15) is 33.7 Å². The van der Waals surface area contributed by atoms with E-state index in [4.69, 9.17) is 4.74 Å². The van der Waals surface area contributed by atoms with Gasteiger partial charge in [0.2, 0.25) is 0 Å². The van der Waals surface area contributed by atoms with Crippen LogP contribution in [0.1, 0.15) is 38.7 Å². The Morgan fingerprint density at radius 2 is 2.03 bits per heavy atom. The number of hydrogen-bond donors (Lipinski definition) is 3. The summed E-state index contributed by atoms with van der Waals surface area (Å²) in [5, 5.41) is 31.4. The molecule has 206 valence electrons. The number of nitrogens with one attached hydrogen (secondary N) is 1. The fourth-order valence-corrected chi connectivity index (χ4v) is 4.86. The van der Waals surface area contributed by atoms with Gasteiger partial charge in [0, 0.05) is 37.5 Å². The van der Waals surface area contributed by atoms with Gasteiger partial charge in [-0.15, -0.1) is 0 Å². The van der Waals surface area contributed by atoms with Gasteiger partial charge in [-0.05, 0) is 44.7 Å². The van der Waals surface area contributed by atoms with Gasteiger partial charge in [0.05, 0.1) is 19.1 Å². The van der Waals surface area contributed by atoms with E-state index in [1.54, 1.807) is 18.7 Å². The molecule has 0 aromatic heterocycles. The molecule has 2 aliphatic heterocycles. The van der Waals surface area contributed by atoms with Crippen molar-refractivity contribution in [1.82, 2.24) is 15.1 Å². The van der Waals surface area contributed by atoms with Crippen LogP contribution in [0.25, 0.3) is 0 Å². The van der Waals surface area contributed by atoms with Gasteiger partial charge >= 0.3 is 13.2 Å². The lowest BCUT2D eigenvalue weighted by atomic mass is 9.76. The molecule has 2 fully saturated rings. The molecule has 0 radical (unpaired) electrons. The molecule has 0 spiro atoms. The monoisotopic (exact) mass is 532 g/mol. The summed E-state index contributed by atoms with van der Waals surface area (Å²) < 4.78 is 32.7. The lowest BCUT2D eigenvalue weighted by Gasteiger charge is -2.35. The molecule has 3 rings (SSSR count). The highest BCUT2D eigenvalue weighted by atomic mass is 19.3.